The van der Waals surface area contributed by atoms with Crippen LogP contribution < -0.4 is 4.90 Å². The van der Waals surface area contributed by atoms with Gasteiger partial charge in [-0.05, 0) is 18.4 Å². The molecule has 0 N–H and O–H groups in total. The standard InChI is InChI=1S/C18H17N3O3/c22-17-15-13-6-7-14(24-13)16(15)18(23)21(17)12-8-19-20(10-12)9-11-4-2-1-3-5-11/h1-5,8,10,13-16H,6-7,9H2/t13-,14-,15-,16+/m0/s1. The fourth-order valence-electron chi connectivity index (χ4n) is 4.29. The van der Waals surface area contributed by atoms with Crippen LogP contribution in [0.4, 0.5) is 5.69 Å². The number of fused-ring (bicyclic) bond motifs is 5. The summed E-state index contributed by atoms with van der Waals surface area (Å²) in [6, 6.07) is 9.96. The third-order valence-corrected chi connectivity index (χ3v) is 5.35. The number of hydrogen-bond donors (Lipinski definition) is 0. The summed E-state index contributed by atoms with van der Waals surface area (Å²) in [5, 5.41) is 4.31. The Morgan fingerprint density at radius 1 is 1.04 bits per heavy atom. The minimum atomic E-state index is -0.297. The zero-order valence-corrected chi connectivity index (χ0v) is 13.0. The Labute approximate surface area is 139 Å². The van der Waals surface area contributed by atoms with Gasteiger partial charge in [0.05, 0.1) is 42.5 Å². The average Bonchev–Trinajstić information content (AvgIpc) is 3.34. The number of amides is 2. The molecule has 1 aromatic heterocycles. The summed E-state index contributed by atoms with van der Waals surface area (Å²) >= 11 is 0. The van der Waals surface area contributed by atoms with E-state index in [2.05, 4.69) is 5.10 Å². The highest BCUT2D eigenvalue weighted by molar-refractivity contribution is 6.22. The van der Waals surface area contributed by atoms with Crippen molar-refractivity contribution in [1.29, 1.82) is 0 Å². The second-order valence-electron chi connectivity index (χ2n) is 6.74. The summed E-state index contributed by atoms with van der Waals surface area (Å²) in [6.07, 6.45) is 4.97. The first-order valence-electron chi connectivity index (χ1n) is 8.32. The zero-order chi connectivity index (χ0) is 16.3. The van der Waals surface area contributed by atoms with E-state index < -0.39 is 0 Å². The molecule has 1 aromatic carbocycles. The molecule has 24 heavy (non-hydrogen) atoms. The summed E-state index contributed by atoms with van der Waals surface area (Å²) in [5.41, 5.74) is 1.68. The number of carbonyl (C=O) groups excluding carboxylic acids is 2. The van der Waals surface area contributed by atoms with E-state index in [1.54, 1.807) is 17.1 Å². The Bertz CT molecular complexity index is 788. The van der Waals surface area contributed by atoms with Gasteiger partial charge in [0.15, 0.2) is 0 Å². The highest BCUT2D eigenvalue weighted by atomic mass is 16.5. The van der Waals surface area contributed by atoms with Crippen LogP contribution in [0.3, 0.4) is 0 Å². The zero-order valence-electron chi connectivity index (χ0n) is 13.0. The molecule has 4 atom stereocenters. The van der Waals surface area contributed by atoms with Crippen molar-refractivity contribution in [2.75, 3.05) is 4.90 Å². The maximum absolute atomic E-state index is 12.7. The lowest BCUT2D eigenvalue weighted by Gasteiger charge is -2.15. The van der Waals surface area contributed by atoms with Crippen molar-refractivity contribution >= 4 is 17.5 Å². The van der Waals surface area contributed by atoms with Gasteiger partial charge in [-0.2, -0.15) is 5.10 Å². The molecule has 0 spiro atoms. The van der Waals surface area contributed by atoms with E-state index in [1.165, 1.54) is 4.90 Å². The molecule has 3 fully saturated rings. The van der Waals surface area contributed by atoms with Crippen LogP contribution in [-0.4, -0.2) is 33.8 Å². The Balaban J connectivity index is 1.41. The van der Waals surface area contributed by atoms with E-state index in [9.17, 15) is 9.59 Å². The smallest absolute Gasteiger partial charge is 0.240 e. The number of carbonyl (C=O) groups is 2. The molecule has 0 unspecified atom stereocenters. The predicted octanol–water partition coefficient (Wildman–Crippen LogP) is 1.60. The molecule has 4 heterocycles. The van der Waals surface area contributed by atoms with Crippen molar-refractivity contribution in [3.8, 4) is 0 Å². The fourth-order valence-corrected chi connectivity index (χ4v) is 4.29. The van der Waals surface area contributed by atoms with Crippen LogP contribution in [0.25, 0.3) is 0 Å². The minimum Gasteiger partial charge on any atom is -0.373 e. The van der Waals surface area contributed by atoms with E-state index in [4.69, 9.17) is 4.74 Å². The molecule has 0 radical (unpaired) electrons. The third kappa shape index (κ3) is 1.89. The normalized spacial score (nSPS) is 31.1. The molecule has 6 heteroatoms. The fraction of sp³-hybridized carbons (Fsp3) is 0.389. The van der Waals surface area contributed by atoms with Gasteiger partial charge in [0.1, 0.15) is 0 Å². The number of benzene rings is 1. The van der Waals surface area contributed by atoms with Crippen LogP contribution in [0.5, 0.6) is 0 Å². The van der Waals surface area contributed by atoms with Gasteiger partial charge in [-0.15, -0.1) is 0 Å². The summed E-state index contributed by atoms with van der Waals surface area (Å²) in [5.74, 6) is -0.852. The molecule has 3 saturated heterocycles. The highest BCUT2D eigenvalue weighted by Crippen LogP contribution is 2.49. The lowest BCUT2D eigenvalue weighted by atomic mass is 9.81. The van der Waals surface area contributed by atoms with Gasteiger partial charge in [0, 0.05) is 6.20 Å². The first kappa shape index (κ1) is 13.9. The van der Waals surface area contributed by atoms with Crippen LogP contribution >= 0.6 is 0 Å². The molecule has 3 aliphatic rings. The maximum Gasteiger partial charge on any atom is 0.240 e. The second-order valence-corrected chi connectivity index (χ2v) is 6.74. The van der Waals surface area contributed by atoms with Crippen LogP contribution in [0.1, 0.15) is 18.4 Å². The van der Waals surface area contributed by atoms with Crippen molar-refractivity contribution in [1.82, 2.24) is 9.78 Å². The molecule has 5 rings (SSSR count). The quantitative estimate of drug-likeness (QED) is 0.805. The van der Waals surface area contributed by atoms with Crippen molar-refractivity contribution < 1.29 is 14.3 Å². The highest BCUT2D eigenvalue weighted by Gasteiger charge is 2.62. The first-order valence-corrected chi connectivity index (χ1v) is 8.32. The molecule has 122 valence electrons. The Morgan fingerprint density at radius 2 is 1.71 bits per heavy atom. The van der Waals surface area contributed by atoms with Gasteiger partial charge in [-0.1, -0.05) is 30.3 Å². The van der Waals surface area contributed by atoms with Gasteiger partial charge >= 0.3 is 0 Å². The summed E-state index contributed by atoms with van der Waals surface area (Å²) in [7, 11) is 0. The van der Waals surface area contributed by atoms with Gasteiger partial charge in [-0.25, -0.2) is 4.90 Å². The molecule has 0 aliphatic carbocycles. The molecule has 2 bridgehead atoms. The molecule has 2 aromatic rings. The van der Waals surface area contributed by atoms with Crippen molar-refractivity contribution in [2.45, 2.75) is 31.6 Å². The lowest BCUT2D eigenvalue weighted by molar-refractivity contribution is -0.124. The van der Waals surface area contributed by atoms with Crippen LogP contribution in [0.15, 0.2) is 42.7 Å². The van der Waals surface area contributed by atoms with Crippen molar-refractivity contribution in [2.24, 2.45) is 11.8 Å². The number of hydrogen-bond acceptors (Lipinski definition) is 4. The van der Waals surface area contributed by atoms with E-state index in [0.29, 0.717) is 12.2 Å². The predicted molar refractivity (Wildman–Crippen MR) is 85.1 cm³/mol. The van der Waals surface area contributed by atoms with E-state index >= 15 is 0 Å². The van der Waals surface area contributed by atoms with Crippen molar-refractivity contribution in [3.05, 3.63) is 48.3 Å². The molecular weight excluding hydrogens is 306 g/mol. The SMILES string of the molecule is O=C1[C@@H]2[C@H](C(=O)N1c1cnn(Cc3ccccc3)c1)[C@@H]1CC[C@@H]2O1. The second kappa shape index (κ2) is 5.01. The Kier molecular flexibility index (Phi) is 2.91. The molecule has 0 saturated carbocycles. The monoisotopic (exact) mass is 323 g/mol. The van der Waals surface area contributed by atoms with Gasteiger partial charge in [0.25, 0.3) is 0 Å². The van der Waals surface area contributed by atoms with E-state index in [0.717, 1.165) is 18.4 Å². The number of nitrogens with zero attached hydrogens (tertiary/aromatic N) is 3. The summed E-state index contributed by atoms with van der Waals surface area (Å²) in [4.78, 5) is 26.8. The number of ether oxygens (including phenoxy) is 1. The topological polar surface area (TPSA) is 64.4 Å². The number of imide groups is 1. The van der Waals surface area contributed by atoms with Crippen LogP contribution in [-0.2, 0) is 20.9 Å². The van der Waals surface area contributed by atoms with Crippen LogP contribution in [0, 0.1) is 11.8 Å². The summed E-state index contributed by atoms with van der Waals surface area (Å²) < 4.78 is 7.51. The third-order valence-electron chi connectivity index (χ3n) is 5.35. The summed E-state index contributed by atoms with van der Waals surface area (Å²) in [6.45, 7) is 0.609. The Morgan fingerprint density at radius 3 is 2.38 bits per heavy atom. The largest absolute Gasteiger partial charge is 0.373 e. The molecule has 6 nitrogen and oxygen atoms in total. The van der Waals surface area contributed by atoms with Gasteiger partial charge < -0.3 is 4.74 Å². The molecule has 3 aliphatic heterocycles. The Hall–Kier alpha value is -2.47. The van der Waals surface area contributed by atoms with Gasteiger partial charge in [-0.3, -0.25) is 14.3 Å². The van der Waals surface area contributed by atoms with Crippen molar-refractivity contribution in [3.63, 3.8) is 0 Å². The minimum absolute atomic E-state index is 0.0826. The first-order chi connectivity index (χ1) is 11.7. The van der Waals surface area contributed by atoms with Gasteiger partial charge in [0.2, 0.25) is 11.8 Å². The maximum atomic E-state index is 12.7. The van der Waals surface area contributed by atoms with E-state index in [1.807, 2.05) is 30.3 Å². The number of aromatic nitrogens is 2. The molecular formula is C18H17N3O3. The van der Waals surface area contributed by atoms with Crippen LogP contribution in [0.2, 0.25) is 0 Å². The number of rotatable bonds is 3. The molecule has 2 amide bonds. The van der Waals surface area contributed by atoms with E-state index in [-0.39, 0.29) is 35.9 Å². The number of anilines is 1. The lowest BCUT2D eigenvalue weighted by Crippen LogP contribution is -2.33. The average molecular weight is 323 g/mol.